The molecule has 29 heavy (non-hydrogen) atoms. The van der Waals surface area contributed by atoms with E-state index in [0.29, 0.717) is 16.5 Å². The normalized spacial score (nSPS) is 15.6. The highest BCUT2D eigenvalue weighted by Gasteiger charge is 2.33. The summed E-state index contributed by atoms with van der Waals surface area (Å²) in [6.45, 7) is 6.78. The summed E-state index contributed by atoms with van der Waals surface area (Å²) in [6.07, 6.45) is 3.25. The van der Waals surface area contributed by atoms with Crippen LogP contribution in [0.3, 0.4) is 0 Å². The number of carbonyl (C=O) groups is 1. The summed E-state index contributed by atoms with van der Waals surface area (Å²) in [5, 5.41) is 12.4. The summed E-state index contributed by atoms with van der Waals surface area (Å²) in [6, 6.07) is 5.24. The van der Waals surface area contributed by atoms with E-state index in [4.69, 9.17) is 0 Å². The molecule has 0 fully saturated rings. The van der Waals surface area contributed by atoms with Crippen molar-refractivity contribution in [3.05, 3.63) is 61.3 Å². The third-order valence-electron chi connectivity index (χ3n) is 4.34. The van der Waals surface area contributed by atoms with Crippen LogP contribution in [-0.2, 0) is 20.3 Å². The van der Waals surface area contributed by atoms with Crippen molar-refractivity contribution in [2.75, 3.05) is 0 Å². The van der Waals surface area contributed by atoms with E-state index in [-0.39, 0.29) is 6.42 Å². The second-order valence-corrected chi connectivity index (χ2v) is 9.79. The molecule has 1 aromatic carbocycles. The highest BCUT2D eigenvalue weighted by Crippen LogP contribution is 2.50. The van der Waals surface area contributed by atoms with Gasteiger partial charge in [0, 0.05) is 23.5 Å². The first-order valence-corrected chi connectivity index (χ1v) is 11.7. The van der Waals surface area contributed by atoms with Gasteiger partial charge in [0.25, 0.3) is 0 Å². The van der Waals surface area contributed by atoms with Crippen molar-refractivity contribution >= 4 is 32.1 Å². The van der Waals surface area contributed by atoms with Crippen LogP contribution in [0, 0.1) is 0 Å². The van der Waals surface area contributed by atoms with Crippen LogP contribution >= 0.6 is 15.2 Å². The van der Waals surface area contributed by atoms with Crippen LogP contribution in [0.15, 0.2) is 55.8 Å². The molecule has 2 aromatic rings. The summed E-state index contributed by atoms with van der Waals surface area (Å²) >= 11 is 0. The minimum absolute atomic E-state index is 0.196. The van der Waals surface area contributed by atoms with Gasteiger partial charge >= 0.3 is 21.2 Å². The molecule has 0 spiro atoms. The van der Waals surface area contributed by atoms with Crippen LogP contribution in [-0.4, -0.2) is 47.0 Å². The second-order valence-electron chi connectivity index (χ2n) is 6.35. The fraction of sp³-hybridized carbons (Fsp3) is 0.235. The summed E-state index contributed by atoms with van der Waals surface area (Å²) in [7, 11) is -9.27. The number of nitrogens with zero attached hydrogens (tertiary/aromatic N) is 1. The van der Waals surface area contributed by atoms with Gasteiger partial charge in [-0.3, -0.25) is 19.2 Å². The van der Waals surface area contributed by atoms with Gasteiger partial charge in [0.15, 0.2) is 5.78 Å². The average molecular weight is 444 g/mol. The predicted molar refractivity (Wildman–Crippen MR) is 108 cm³/mol. The zero-order valence-electron chi connectivity index (χ0n) is 15.2. The van der Waals surface area contributed by atoms with Crippen LogP contribution in [0.1, 0.15) is 11.3 Å². The number of allylic oxidation sites excluding steroid dienone is 1. The highest BCUT2D eigenvalue weighted by molar-refractivity contribution is 7.52. The molecule has 3 atom stereocenters. The number of hydrogen-bond donors (Lipinski definition) is 6. The van der Waals surface area contributed by atoms with Crippen molar-refractivity contribution < 1.29 is 38.6 Å². The maximum Gasteiger partial charge on any atom is 0.352 e. The first-order valence-electron chi connectivity index (χ1n) is 8.33. The molecule has 0 radical (unpaired) electrons. The number of carboxylic acid groups (broad SMARTS) is 1. The lowest BCUT2D eigenvalue weighted by Gasteiger charge is -2.21. The first-order chi connectivity index (χ1) is 13.4. The Balaban J connectivity index is 2.51. The van der Waals surface area contributed by atoms with Crippen LogP contribution in [0.25, 0.3) is 10.9 Å². The second kappa shape index (κ2) is 8.77. The summed E-state index contributed by atoms with van der Waals surface area (Å²) < 4.78 is 24.6. The first kappa shape index (κ1) is 23.3. The SMILES string of the molecule is C=CC(N[C@@H](Cc1cn(C(C=C)P(=O)(O)O)c2ccccc12)C(=O)O)P(=O)(O)O. The van der Waals surface area contributed by atoms with Gasteiger partial charge in [0.05, 0.1) is 0 Å². The van der Waals surface area contributed by atoms with Gasteiger partial charge in [0.1, 0.15) is 11.8 Å². The van der Waals surface area contributed by atoms with Gasteiger partial charge in [-0.15, -0.1) is 13.2 Å². The molecule has 0 aliphatic carbocycles. The standard InChI is InChI=1S/C17H22N2O8P2/c1-3-15(28(22,23)24)18-13(17(20)21)9-11-10-19(16(4-2)29(25,26)27)14-8-6-5-7-12(11)14/h3-8,10,13,15-16,18H,1-2,9H2,(H,20,21)(H2,22,23,24)(H2,25,26,27)/t13-,15?,16?/m0/s1. The maximum atomic E-state index is 11.8. The van der Waals surface area contributed by atoms with Crippen molar-refractivity contribution in [1.29, 1.82) is 0 Å². The van der Waals surface area contributed by atoms with Gasteiger partial charge < -0.3 is 29.2 Å². The lowest BCUT2D eigenvalue weighted by atomic mass is 10.1. The lowest BCUT2D eigenvalue weighted by Crippen LogP contribution is -2.43. The smallest absolute Gasteiger partial charge is 0.352 e. The Morgan fingerprint density at radius 2 is 1.72 bits per heavy atom. The molecule has 0 amide bonds. The number of hydrogen-bond acceptors (Lipinski definition) is 4. The predicted octanol–water partition coefficient (Wildman–Crippen LogP) is 1.78. The zero-order valence-corrected chi connectivity index (χ0v) is 17.0. The molecule has 158 valence electrons. The fourth-order valence-corrected chi connectivity index (χ4v) is 4.46. The molecule has 0 saturated carbocycles. The van der Waals surface area contributed by atoms with Gasteiger partial charge in [-0.05, 0) is 11.6 Å². The van der Waals surface area contributed by atoms with Crippen molar-refractivity contribution in [2.45, 2.75) is 24.0 Å². The molecule has 12 heteroatoms. The Labute approximate surface area is 166 Å². The molecule has 6 N–H and O–H groups in total. The molecular formula is C17H22N2O8P2. The summed E-state index contributed by atoms with van der Waals surface area (Å²) in [4.78, 5) is 49.6. The van der Waals surface area contributed by atoms with Crippen LogP contribution in [0.4, 0.5) is 0 Å². The maximum absolute atomic E-state index is 11.8. The number of rotatable bonds is 10. The number of carboxylic acids is 1. The number of nitrogens with one attached hydrogen (secondary N) is 1. The number of benzene rings is 1. The van der Waals surface area contributed by atoms with E-state index in [1.54, 1.807) is 24.3 Å². The Kier molecular flexibility index (Phi) is 7.03. The van der Waals surface area contributed by atoms with E-state index in [9.17, 15) is 38.6 Å². The van der Waals surface area contributed by atoms with E-state index in [2.05, 4.69) is 18.5 Å². The number of para-hydroxylation sites is 1. The van der Waals surface area contributed by atoms with E-state index in [0.717, 1.165) is 12.2 Å². The molecule has 0 bridgehead atoms. The van der Waals surface area contributed by atoms with E-state index in [1.807, 2.05) is 0 Å². The van der Waals surface area contributed by atoms with E-state index in [1.165, 1.54) is 10.8 Å². The molecule has 0 aliphatic heterocycles. The van der Waals surface area contributed by atoms with Crippen molar-refractivity contribution in [3.8, 4) is 0 Å². The molecule has 2 rings (SSSR count). The van der Waals surface area contributed by atoms with E-state index < -0.39 is 38.8 Å². The number of aromatic nitrogens is 1. The van der Waals surface area contributed by atoms with Crippen LogP contribution in [0.5, 0.6) is 0 Å². The van der Waals surface area contributed by atoms with Gasteiger partial charge in [-0.25, -0.2) is 0 Å². The molecule has 0 aliphatic rings. The summed E-state index contributed by atoms with van der Waals surface area (Å²) in [5.41, 5.74) is 0.879. The Morgan fingerprint density at radius 3 is 2.21 bits per heavy atom. The fourth-order valence-electron chi connectivity index (χ4n) is 3.02. The highest BCUT2D eigenvalue weighted by atomic mass is 31.2. The largest absolute Gasteiger partial charge is 0.480 e. The topological polar surface area (TPSA) is 169 Å². The van der Waals surface area contributed by atoms with Gasteiger partial charge in [0.2, 0.25) is 0 Å². The average Bonchev–Trinajstić information content (AvgIpc) is 2.95. The minimum atomic E-state index is -4.67. The number of fused-ring (bicyclic) bond motifs is 1. The molecule has 1 heterocycles. The monoisotopic (exact) mass is 444 g/mol. The molecule has 2 unspecified atom stereocenters. The van der Waals surface area contributed by atoms with Crippen molar-refractivity contribution in [3.63, 3.8) is 0 Å². The van der Waals surface area contributed by atoms with Crippen molar-refractivity contribution in [2.24, 2.45) is 0 Å². The van der Waals surface area contributed by atoms with Crippen molar-refractivity contribution in [1.82, 2.24) is 9.88 Å². The van der Waals surface area contributed by atoms with Crippen LogP contribution in [0.2, 0.25) is 0 Å². The molecule has 1 aromatic heterocycles. The third kappa shape index (κ3) is 5.32. The van der Waals surface area contributed by atoms with Gasteiger partial charge in [-0.2, -0.15) is 0 Å². The minimum Gasteiger partial charge on any atom is -0.480 e. The zero-order chi connectivity index (χ0) is 22.0. The Hall–Kier alpha value is -2.03. The van der Waals surface area contributed by atoms with Crippen LogP contribution < -0.4 is 5.32 Å². The summed E-state index contributed by atoms with van der Waals surface area (Å²) in [5.74, 6) is -4.27. The van der Waals surface area contributed by atoms with E-state index >= 15 is 0 Å². The van der Waals surface area contributed by atoms with Gasteiger partial charge in [-0.1, -0.05) is 30.4 Å². The quantitative estimate of drug-likeness (QED) is 0.236. The third-order valence-corrected chi connectivity index (χ3v) is 6.58. The molecule has 0 saturated heterocycles. The Bertz CT molecular complexity index is 1020. The Morgan fingerprint density at radius 1 is 1.10 bits per heavy atom. The lowest BCUT2D eigenvalue weighted by molar-refractivity contribution is -0.139. The number of aliphatic carboxylic acids is 1. The molecular weight excluding hydrogens is 422 g/mol. The molecule has 10 nitrogen and oxygen atoms in total.